The summed E-state index contributed by atoms with van der Waals surface area (Å²) < 4.78 is 5.74. The molecule has 0 spiro atoms. The van der Waals surface area contributed by atoms with E-state index in [-0.39, 0.29) is 11.6 Å². The van der Waals surface area contributed by atoms with E-state index in [0.717, 1.165) is 5.92 Å². The quantitative estimate of drug-likeness (QED) is 0.751. The van der Waals surface area contributed by atoms with Crippen molar-refractivity contribution >= 4 is 0 Å². The molecule has 0 aromatic heterocycles. The van der Waals surface area contributed by atoms with Gasteiger partial charge < -0.3 is 10.5 Å². The number of nitrogens with two attached hydrogens (primary N) is 1. The summed E-state index contributed by atoms with van der Waals surface area (Å²) in [5.74, 6) is 0.916. The summed E-state index contributed by atoms with van der Waals surface area (Å²) in [6, 6.07) is 0.278. The maximum atomic E-state index is 6.31. The third-order valence-corrected chi connectivity index (χ3v) is 4.07. The monoisotopic (exact) mass is 197 g/mol. The number of hydrogen-bond donors (Lipinski definition) is 1. The van der Waals surface area contributed by atoms with E-state index in [1.54, 1.807) is 0 Å². The molecule has 2 N–H and O–H groups in total. The van der Waals surface area contributed by atoms with E-state index in [9.17, 15) is 0 Å². The highest BCUT2D eigenvalue weighted by Crippen LogP contribution is 2.40. The van der Waals surface area contributed by atoms with Crippen molar-refractivity contribution < 1.29 is 4.74 Å². The number of hydrogen-bond acceptors (Lipinski definition) is 2. The molecule has 2 fully saturated rings. The lowest BCUT2D eigenvalue weighted by Crippen LogP contribution is -2.51. The second-order valence-electron chi connectivity index (χ2n) is 5.12. The van der Waals surface area contributed by atoms with Crippen molar-refractivity contribution in [3.63, 3.8) is 0 Å². The minimum atomic E-state index is 0.0286. The van der Waals surface area contributed by atoms with Crippen LogP contribution >= 0.6 is 0 Å². The first-order valence-electron chi connectivity index (χ1n) is 6.07. The van der Waals surface area contributed by atoms with Gasteiger partial charge in [0.25, 0.3) is 0 Å². The molecule has 1 unspecified atom stereocenters. The molecule has 2 saturated carbocycles. The fourth-order valence-corrected chi connectivity index (χ4v) is 2.80. The maximum Gasteiger partial charge on any atom is 0.0828 e. The van der Waals surface area contributed by atoms with Crippen molar-refractivity contribution in [2.24, 2.45) is 11.7 Å². The third kappa shape index (κ3) is 2.12. The summed E-state index contributed by atoms with van der Waals surface area (Å²) in [6.07, 6.45) is 10.3. The van der Waals surface area contributed by atoms with E-state index < -0.39 is 0 Å². The van der Waals surface area contributed by atoms with Gasteiger partial charge in [0.1, 0.15) is 0 Å². The van der Waals surface area contributed by atoms with Crippen LogP contribution in [-0.2, 0) is 4.74 Å². The Balaban J connectivity index is 1.93. The number of methoxy groups -OCH3 is 1. The molecule has 14 heavy (non-hydrogen) atoms. The van der Waals surface area contributed by atoms with Crippen LogP contribution in [0.5, 0.6) is 0 Å². The molecule has 0 aromatic carbocycles. The molecular weight excluding hydrogens is 174 g/mol. The van der Waals surface area contributed by atoms with Crippen LogP contribution < -0.4 is 5.73 Å². The van der Waals surface area contributed by atoms with Gasteiger partial charge in [-0.3, -0.25) is 0 Å². The van der Waals surface area contributed by atoms with E-state index in [1.807, 2.05) is 7.11 Å². The first kappa shape index (κ1) is 10.4. The first-order chi connectivity index (χ1) is 6.77. The van der Waals surface area contributed by atoms with E-state index in [2.05, 4.69) is 0 Å². The van der Waals surface area contributed by atoms with Gasteiger partial charge in [-0.2, -0.15) is 0 Å². The summed E-state index contributed by atoms with van der Waals surface area (Å²) in [5, 5.41) is 0. The van der Waals surface area contributed by atoms with Gasteiger partial charge in [0, 0.05) is 13.2 Å². The molecule has 0 radical (unpaired) electrons. The summed E-state index contributed by atoms with van der Waals surface area (Å²) in [6.45, 7) is 0. The third-order valence-electron chi connectivity index (χ3n) is 4.07. The zero-order valence-electron chi connectivity index (χ0n) is 9.30. The fourth-order valence-electron chi connectivity index (χ4n) is 2.80. The van der Waals surface area contributed by atoms with Crippen molar-refractivity contribution in [3.05, 3.63) is 0 Å². The van der Waals surface area contributed by atoms with Crippen molar-refractivity contribution in [2.75, 3.05) is 7.11 Å². The Labute approximate surface area is 87.2 Å². The van der Waals surface area contributed by atoms with Crippen molar-refractivity contribution in [3.8, 4) is 0 Å². The van der Waals surface area contributed by atoms with E-state index >= 15 is 0 Å². The van der Waals surface area contributed by atoms with Crippen LogP contribution in [0, 0.1) is 5.92 Å². The SMILES string of the molecule is COC1(C(N)CC2CC2)CCCCC1. The predicted molar refractivity (Wildman–Crippen MR) is 58.1 cm³/mol. The Kier molecular flexibility index (Phi) is 3.13. The maximum absolute atomic E-state index is 6.31. The Morgan fingerprint density at radius 3 is 2.43 bits per heavy atom. The molecular formula is C12H23NO. The molecule has 0 bridgehead atoms. The van der Waals surface area contributed by atoms with Crippen LogP contribution in [0.3, 0.4) is 0 Å². The van der Waals surface area contributed by atoms with Gasteiger partial charge in [0.2, 0.25) is 0 Å². The second kappa shape index (κ2) is 4.19. The smallest absolute Gasteiger partial charge is 0.0828 e. The van der Waals surface area contributed by atoms with Crippen LogP contribution in [0.4, 0.5) is 0 Å². The lowest BCUT2D eigenvalue weighted by atomic mass is 9.78. The second-order valence-corrected chi connectivity index (χ2v) is 5.12. The van der Waals surface area contributed by atoms with Crippen LogP contribution in [0.25, 0.3) is 0 Å². The molecule has 2 aliphatic rings. The largest absolute Gasteiger partial charge is 0.377 e. The molecule has 82 valence electrons. The lowest BCUT2D eigenvalue weighted by molar-refractivity contribution is -0.0611. The topological polar surface area (TPSA) is 35.2 Å². The van der Waals surface area contributed by atoms with Gasteiger partial charge in [-0.15, -0.1) is 0 Å². The molecule has 2 nitrogen and oxygen atoms in total. The lowest BCUT2D eigenvalue weighted by Gasteiger charge is -2.41. The fraction of sp³-hybridized carbons (Fsp3) is 1.00. The summed E-state index contributed by atoms with van der Waals surface area (Å²) in [5.41, 5.74) is 6.34. The molecule has 0 amide bonds. The highest BCUT2D eigenvalue weighted by atomic mass is 16.5. The minimum absolute atomic E-state index is 0.0286. The minimum Gasteiger partial charge on any atom is -0.377 e. The van der Waals surface area contributed by atoms with E-state index in [4.69, 9.17) is 10.5 Å². The van der Waals surface area contributed by atoms with Gasteiger partial charge in [-0.25, -0.2) is 0 Å². The average molecular weight is 197 g/mol. The van der Waals surface area contributed by atoms with Gasteiger partial charge >= 0.3 is 0 Å². The summed E-state index contributed by atoms with van der Waals surface area (Å²) in [4.78, 5) is 0. The van der Waals surface area contributed by atoms with Crippen molar-refractivity contribution in [1.29, 1.82) is 0 Å². The Bertz CT molecular complexity index is 183. The molecule has 0 saturated heterocycles. The molecule has 0 heterocycles. The molecule has 2 rings (SSSR count). The first-order valence-corrected chi connectivity index (χ1v) is 6.07. The average Bonchev–Trinajstić information content (AvgIpc) is 3.02. The van der Waals surface area contributed by atoms with Crippen molar-refractivity contribution in [1.82, 2.24) is 0 Å². The van der Waals surface area contributed by atoms with Gasteiger partial charge in [0.15, 0.2) is 0 Å². The molecule has 0 aliphatic heterocycles. The Hall–Kier alpha value is -0.0800. The molecule has 1 atom stereocenters. The number of ether oxygens (including phenoxy) is 1. The summed E-state index contributed by atoms with van der Waals surface area (Å²) >= 11 is 0. The molecule has 2 aliphatic carbocycles. The van der Waals surface area contributed by atoms with Crippen molar-refractivity contribution in [2.45, 2.75) is 63.0 Å². The van der Waals surface area contributed by atoms with E-state index in [1.165, 1.54) is 51.4 Å². The Morgan fingerprint density at radius 2 is 1.93 bits per heavy atom. The summed E-state index contributed by atoms with van der Waals surface area (Å²) in [7, 11) is 1.85. The molecule has 2 heteroatoms. The van der Waals surface area contributed by atoms with Crippen LogP contribution in [0.1, 0.15) is 51.4 Å². The van der Waals surface area contributed by atoms with Gasteiger partial charge in [-0.05, 0) is 25.2 Å². The van der Waals surface area contributed by atoms with Crippen LogP contribution in [-0.4, -0.2) is 18.8 Å². The zero-order valence-corrected chi connectivity index (χ0v) is 9.30. The standard InChI is InChI=1S/C12H23NO/c1-14-12(7-3-2-4-8-12)11(13)9-10-5-6-10/h10-11H,2-9,13H2,1H3. The van der Waals surface area contributed by atoms with Gasteiger partial charge in [0.05, 0.1) is 5.60 Å². The normalized spacial score (nSPS) is 28.7. The highest BCUT2D eigenvalue weighted by Gasteiger charge is 2.40. The Morgan fingerprint density at radius 1 is 1.29 bits per heavy atom. The zero-order chi connectivity index (χ0) is 10.0. The van der Waals surface area contributed by atoms with E-state index in [0.29, 0.717) is 0 Å². The molecule has 0 aromatic rings. The number of rotatable bonds is 4. The van der Waals surface area contributed by atoms with Gasteiger partial charge in [-0.1, -0.05) is 32.1 Å². The predicted octanol–water partition coefficient (Wildman–Crippen LogP) is 2.46. The van der Waals surface area contributed by atoms with Crippen LogP contribution in [0.15, 0.2) is 0 Å². The highest BCUT2D eigenvalue weighted by molar-refractivity contribution is 4.96. The van der Waals surface area contributed by atoms with Crippen LogP contribution in [0.2, 0.25) is 0 Å².